The van der Waals surface area contributed by atoms with Crippen LogP contribution in [0.25, 0.3) is 0 Å². The van der Waals surface area contributed by atoms with Crippen LogP contribution in [0.5, 0.6) is 0 Å². The summed E-state index contributed by atoms with van der Waals surface area (Å²) in [5, 5.41) is 4.52. The third kappa shape index (κ3) is 3.73. The Bertz CT molecular complexity index is 377. The number of rotatable bonds is 5. The quantitative estimate of drug-likeness (QED) is 0.837. The van der Waals surface area contributed by atoms with Crippen LogP contribution in [0.15, 0.2) is 24.3 Å². The fourth-order valence-corrected chi connectivity index (χ4v) is 3.42. The molecule has 1 N–H and O–H groups in total. The van der Waals surface area contributed by atoms with Crippen molar-refractivity contribution in [3.05, 3.63) is 34.9 Å². The van der Waals surface area contributed by atoms with E-state index in [2.05, 4.69) is 37.4 Å². The van der Waals surface area contributed by atoms with E-state index < -0.39 is 0 Å². The van der Waals surface area contributed by atoms with Gasteiger partial charge in [-0.15, -0.1) is 0 Å². The van der Waals surface area contributed by atoms with Crippen molar-refractivity contribution in [3.63, 3.8) is 0 Å². The molecule has 1 aromatic carbocycles. The second-order valence-electron chi connectivity index (χ2n) is 5.68. The minimum absolute atomic E-state index is 0.610. The molecule has 2 heteroatoms. The monoisotopic (exact) mass is 265 g/mol. The summed E-state index contributed by atoms with van der Waals surface area (Å²) in [6, 6.07) is 8.90. The van der Waals surface area contributed by atoms with Gasteiger partial charge in [0, 0.05) is 11.1 Å². The summed E-state index contributed by atoms with van der Waals surface area (Å²) in [5.74, 6) is 1.73. The fourth-order valence-electron chi connectivity index (χ4n) is 3.20. The molecule has 1 fully saturated rings. The first kappa shape index (κ1) is 13.9. The number of hydrogen-bond donors (Lipinski definition) is 1. The Labute approximate surface area is 116 Å². The molecule has 1 aromatic rings. The van der Waals surface area contributed by atoms with Crippen molar-refractivity contribution in [2.75, 3.05) is 6.54 Å². The predicted molar refractivity (Wildman–Crippen MR) is 79.1 cm³/mol. The lowest BCUT2D eigenvalue weighted by molar-refractivity contribution is 0.354. The molecule has 2 rings (SSSR count). The molecule has 100 valence electrons. The average Bonchev–Trinajstić information content (AvgIpc) is 2.75. The highest BCUT2D eigenvalue weighted by molar-refractivity contribution is 6.30. The van der Waals surface area contributed by atoms with Gasteiger partial charge in [-0.2, -0.15) is 0 Å². The van der Waals surface area contributed by atoms with Crippen LogP contribution in [0.2, 0.25) is 5.02 Å². The summed E-state index contributed by atoms with van der Waals surface area (Å²) in [4.78, 5) is 0. The van der Waals surface area contributed by atoms with Crippen LogP contribution < -0.4 is 5.32 Å². The van der Waals surface area contributed by atoms with E-state index in [9.17, 15) is 0 Å². The summed E-state index contributed by atoms with van der Waals surface area (Å²) in [6.45, 7) is 5.63. The standard InChI is InChI=1S/C16H24ClN/c1-3-18-16(14-8-7-12(2)9-14)11-13-5-4-6-15(17)10-13/h4-6,10,12,14,16,18H,3,7-9,11H2,1-2H3. The van der Waals surface area contributed by atoms with Crippen molar-refractivity contribution < 1.29 is 0 Å². The van der Waals surface area contributed by atoms with E-state index in [0.717, 1.165) is 29.8 Å². The van der Waals surface area contributed by atoms with E-state index >= 15 is 0 Å². The first-order valence-corrected chi connectivity index (χ1v) is 7.54. The highest BCUT2D eigenvalue weighted by Crippen LogP contribution is 2.33. The summed E-state index contributed by atoms with van der Waals surface area (Å²) in [6.07, 6.45) is 5.24. The number of benzene rings is 1. The largest absolute Gasteiger partial charge is 0.314 e. The number of likely N-dealkylation sites (N-methyl/N-ethyl adjacent to an activating group) is 1. The predicted octanol–water partition coefficient (Wildman–Crippen LogP) is 4.30. The Balaban J connectivity index is 2.01. The first-order valence-electron chi connectivity index (χ1n) is 7.17. The van der Waals surface area contributed by atoms with Gasteiger partial charge in [0.2, 0.25) is 0 Å². The summed E-state index contributed by atoms with van der Waals surface area (Å²) < 4.78 is 0. The Morgan fingerprint density at radius 1 is 1.39 bits per heavy atom. The van der Waals surface area contributed by atoms with Crippen LogP contribution in [-0.2, 0) is 6.42 Å². The third-order valence-corrected chi connectivity index (χ3v) is 4.35. The molecule has 1 saturated carbocycles. The molecule has 1 aliphatic carbocycles. The molecule has 0 saturated heterocycles. The highest BCUT2D eigenvalue weighted by Gasteiger charge is 2.28. The van der Waals surface area contributed by atoms with E-state index in [0.29, 0.717) is 6.04 Å². The van der Waals surface area contributed by atoms with Crippen LogP contribution in [-0.4, -0.2) is 12.6 Å². The molecule has 3 atom stereocenters. The molecule has 0 spiro atoms. The lowest BCUT2D eigenvalue weighted by Gasteiger charge is -2.24. The van der Waals surface area contributed by atoms with Gasteiger partial charge >= 0.3 is 0 Å². The minimum atomic E-state index is 0.610. The van der Waals surface area contributed by atoms with Crippen molar-refractivity contribution in [2.24, 2.45) is 11.8 Å². The van der Waals surface area contributed by atoms with Gasteiger partial charge in [0.25, 0.3) is 0 Å². The van der Waals surface area contributed by atoms with Gasteiger partial charge in [-0.3, -0.25) is 0 Å². The van der Waals surface area contributed by atoms with Gasteiger partial charge in [0.05, 0.1) is 0 Å². The van der Waals surface area contributed by atoms with Gasteiger partial charge in [0.1, 0.15) is 0 Å². The molecule has 0 bridgehead atoms. The minimum Gasteiger partial charge on any atom is -0.314 e. The zero-order chi connectivity index (χ0) is 13.0. The first-order chi connectivity index (χ1) is 8.69. The molecule has 0 amide bonds. The lowest BCUT2D eigenvalue weighted by atomic mass is 9.91. The topological polar surface area (TPSA) is 12.0 Å². The van der Waals surface area contributed by atoms with E-state index in [4.69, 9.17) is 11.6 Å². The molecule has 1 nitrogen and oxygen atoms in total. The van der Waals surface area contributed by atoms with Crippen molar-refractivity contribution in [1.82, 2.24) is 5.32 Å². The zero-order valence-electron chi connectivity index (χ0n) is 11.5. The van der Waals surface area contributed by atoms with E-state index in [1.54, 1.807) is 0 Å². The molecule has 0 heterocycles. The maximum Gasteiger partial charge on any atom is 0.0408 e. The Hall–Kier alpha value is -0.530. The molecule has 0 aromatic heterocycles. The van der Waals surface area contributed by atoms with Gasteiger partial charge in [-0.1, -0.05) is 44.0 Å². The molecule has 18 heavy (non-hydrogen) atoms. The smallest absolute Gasteiger partial charge is 0.0408 e. The summed E-state index contributed by atoms with van der Waals surface area (Å²) in [5.41, 5.74) is 1.35. The molecule has 0 aliphatic heterocycles. The maximum absolute atomic E-state index is 6.07. The zero-order valence-corrected chi connectivity index (χ0v) is 12.2. The van der Waals surface area contributed by atoms with Crippen LogP contribution in [0.1, 0.15) is 38.7 Å². The SMILES string of the molecule is CCNC(Cc1cccc(Cl)c1)C1CCC(C)C1. The summed E-state index contributed by atoms with van der Waals surface area (Å²) >= 11 is 6.07. The number of halogens is 1. The van der Waals surface area contributed by atoms with Crippen molar-refractivity contribution in [2.45, 2.75) is 45.6 Å². The van der Waals surface area contributed by atoms with Gasteiger partial charge in [0.15, 0.2) is 0 Å². The van der Waals surface area contributed by atoms with Gasteiger partial charge in [-0.05, 0) is 55.3 Å². The van der Waals surface area contributed by atoms with Crippen LogP contribution in [0.3, 0.4) is 0 Å². The average molecular weight is 266 g/mol. The van der Waals surface area contributed by atoms with E-state index in [1.807, 2.05) is 6.07 Å². The van der Waals surface area contributed by atoms with Crippen LogP contribution in [0, 0.1) is 11.8 Å². The second kappa shape index (κ2) is 6.58. The molecule has 1 aliphatic rings. The van der Waals surface area contributed by atoms with Crippen molar-refractivity contribution in [1.29, 1.82) is 0 Å². The third-order valence-electron chi connectivity index (χ3n) is 4.12. The fraction of sp³-hybridized carbons (Fsp3) is 0.625. The Morgan fingerprint density at radius 3 is 2.83 bits per heavy atom. The number of nitrogens with one attached hydrogen (secondary N) is 1. The normalized spacial score (nSPS) is 25.3. The molecule has 3 unspecified atom stereocenters. The maximum atomic E-state index is 6.07. The van der Waals surface area contributed by atoms with E-state index in [1.165, 1.54) is 24.8 Å². The Kier molecular flexibility index (Phi) is 5.08. The molecule has 0 radical (unpaired) electrons. The molecular formula is C16H24ClN. The van der Waals surface area contributed by atoms with E-state index in [-0.39, 0.29) is 0 Å². The lowest BCUT2D eigenvalue weighted by Crippen LogP contribution is -2.37. The summed E-state index contributed by atoms with van der Waals surface area (Å²) in [7, 11) is 0. The van der Waals surface area contributed by atoms with Gasteiger partial charge in [-0.25, -0.2) is 0 Å². The second-order valence-corrected chi connectivity index (χ2v) is 6.11. The van der Waals surface area contributed by atoms with Gasteiger partial charge < -0.3 is 5.32 Å². The van der Waals surface area contributed by atoms with Crippen molar-refractivity contribution >= 4 is 11.6 Å². The number of hydrogen-bond acceptors (Lipinski definition) is 1. The highest BCUT2D eigenvalue weighted by atomic mass is 35.5. The van der Waals surface area contributed by atoms with Crippen LogP contribution in [0.4, 0.5) is 0 Å². The molecular weight excluding hydrogens is 242 g/mol. The van der Waals surface area contributed by atoms with Crippen LogP contribution >= 0.6 is 11.6 Å². The van der Waals surface area contributed by atoms with Crippen molar-refractivity contribution in [3.8, 4) is 0 Å². The Morgan fingerprint density at radius 2 is 2.22 bits per heavy atom.